The molecule has 4 nitrogen and oxygen atoms in total. The van der Waals surface area contributed by atoms with Crippen LogP contribution in [0.3, 0.4) is 0 Å². The minimum atomic E-state index is 0.689. The molecule has 1 heterocycles. The number of aryl methyl sites for hydroxylation is 1. The van der Waals surface area contributed by atoms with Crippen molar-refractivity contribution in [3.05, 3.63) is 60.4 Å². The molecule has 1 aromatic carbocycles. The van der Waals surface area contributed by atoms with E-state index in [2.05, 4.69) is 58.4 Å². The molecule has 0 bridgehead atoms. The second-order valence-corrected chi connectivity index (χ2v) is 4.30. The van der Waals surface area contributed by atoms with Gasteiger partial charge in [0.05, 0.1) is 0 Å². The summed E-state index contributed by atoms with van der Waals surface area (Å²) in [6.45, 7) is 7.18. The van der Waals surface area contributed by atoms with Gasteiger partial charge in [0, 0.05) is 19.2 Å². The first-order valence-corrected chi connectivity index (χ1v) is 6.24. The Morgan fingerprint density at radius 3 is 2.47 bits per heavy atom. The number of anilines is 2. The van der Waals surface area contributed by atoms with Crippen LogP contribution in [0.5, 0.6) is 0 Å². The van der Waals surface area contributed by atoms with Crippen LogP contribution in [0.15, 0.2) is 49.3 Å². The molecule has 0 atom stereocenters. The van der Waals surface area contributed by atoms with Crippen molar-refractivity contribution in [2.75, 3.05) is 17.2 Å². The van der Waals surface area contributed by atoms with Gasteiger partial charge < -0.3 is 10.6 Å². The molecule has 0 saturated carbocycles. The molecule has 0 fully saturated rings. The van der Waals surface area contributed by atoms with Crippen LogP contribution in [0.25, 0.3) is 0 Å². The van der Waals surface area contributed by atoms with E-state index in [1.54, 1.807) is 12.4 Å². The highest BCUT2D eigenvalue weighted by Gasteiger charge is 1.98. The monoisotopic (exact) mass is 254 g/mol. The van der Waals surface area contributed by atoms with Crippen molar-refractivity contribution >= 4 is 11.6 Å². The summed E-state index contributed by atoms with van der Waals surface area (Å²) in [5.74, 6) is 1.60. The lowest BCUT2D eigenvalue weighted by atomic mass is 10.1. The van der Waals surface area contributed by atoms with E-state index in [4.69, 9.17) is 0 Å². The maximum absolute atomic E-state index is 4.19. The van der Waals surface area contributed by atoms with Gasteiger partial charge in [-0.1, -0.05) is 35.9 Å². The molecule has 0 aliphatic heterocycles. The molecule has 0 radical (unpaired) electrons. The van der Waals surface area contributed by atoms with Gasteiger partial charge in [-0.3, -0.25) is 0 Å². The molecule has 0 saturated heterocycles. The predicted octanol–water partition coefficient (Wildman–Crippen LogP) is 3.00. The smallest absolute Gasteiger partial charge is 0.131 e. The Hall–Kier alpha value is -2.36. The maximum Gasteiger partial charge on any atom is 0.131 e. The topological polar surface area (TPSA) is 49.8 Å². The van der Waals surface area contributed by atoms with Gasteiger partial charge in [0.15, 0.2) is 0 Å². The quantitative estimate of drug-likeness (QED) is 0.778. The summed E-state index contributed by atoms with van der Waals surface area (Å²) < 4.78 is 0. The molecule has 0 spiro atoms. The normalized spacial score (nSPS) is 9.95. The third kappa shape index (κ3) is 4.10. The molecule has 2 N–H and O–H groups in total. The van der Waals surface area contributed by atoms with Crippen LogP contribution in [0.2, 0.25) is 0 Å². The lowest BCUT2D eigenvalue weighted by Gasteiger charge is -2.08. The SMILES string of the molecule is C=CCNc1cc(NCc2ccc(C)cc2)ncn1. The van der Waals surface area contributed by atoms with E-state index in [9.17, 15) is 0 Å². The van der Waals surface area contributed by atoms with E-state index in [0.717, 1.165) is 18.2 Å². The predicted molar refractivity (Wildman–Crippen MR) is 79.2 cm³/mol. The fourth-order valence-electron chi connectivity index (χ4n) is 1.63. The maximum atomic E-state index is 4.19. The zero-order chi connectivity index (χ0) is 13.5. The standard InChI is InChI=1S/C15H18N4/c1-3-8-16-14-9-15(19-11-18-14)17-10-13-6-4-12(2)5-7-13/h3-7,9,11H,1,8,10H2,2H3,(H2,16,17,18,19). The van der Waals surface area contributed by atoms with Gasteiger partial charge in [-0.2, -0.15) is 0 Å². The Balaban J connectivity index is 1.95. The van der Waals surface area contributed by atoms with Crippen LogP contribution in [0.1, 0.15) is 11.1 Å². The first-order chi connectivity index (χ1) is 9.28. The Bertz CT molecular complexity index is 534. The van der Waals surface area contributed by atoms with Crippen molar-refractivity contribution in [3.8, 4) is 0 Å². The molecule has 0 unspecified atom stereocenters. The average molecular weight is 254 g/mol. The fraction of sp³-hybridized carbons (Fsp3) is 0.200. The second-order valence-electron chi connectivity index (χ2n) is 4.30. The molecule has 98 valence electrons. The van der Waals surface area contributed by atoms with Crippen LogP contribution in [0.4, 0.5) is 11.6 Å². The number of nitrogens with one attached hydrogen (secondary N) is 2. The van der Waals surface area contributed by atoms with Crippen molar-refractivity contribution in [2.45, 2.75) is 13.5 Å². The third-order valence-corrected chi connectivity index (χ3v) is 2.69. The number of hydrogen-bond donors (Lipinski definition) is 2. The van der Waals surface area contributed by atoms with Crippen molar-refractivity contribution in [1.29, 1.82) is 0 Å². The number of hydrogen-bond acceptors (Lipinski definition) is 4. The van der Waals surface area contributed by atoms with Gasteiger partial charge in [-0.05, 0) is 12.5 Å². The largest absolute Gasteiger partial charge is 0.366 e. The molecular formula is C15H18N4. The highest BCUT2D eigenvalue weighted by atomic mass is 15.1. The van der Waals surface area contributed by atoms with E-state index < -0.39 is 0 Å². The second kappa shape index (κ2) is 6.54. The van der Waals surface area contributed by atoms with Crippen LogP contribution >= 0.6 is 0 Å². The highest BCUT2D eigenvalue weighted by Crippen LogP contribution is 2.10. The van der Waals surface area contributed by atoms with E-state index >= 15 is 0 Å². The van der Waals surface area contributed by atoms with Crippen molar-refractivity contribution in [2.24, 2.45) is 0 Å². The van der Waals surface area contributed by atoms with Crippen molar-refractivity contribution in [3.63, 3.8) is 0 Å². The number of rotatable bonds is 6. The molecule has 0 aliphatic rings. The summed E-state index contributed by atoms with van der Waals surface area (Å²) in [5.41, 5.74) is 2.49. The third-order valence-electron chi connectivity index (χ3n) is 2.69. The lowest BCUT2D eigenvalue weighted by molar-refractivity contribution is 1.07. The van der Waals surface area contributed by atoms with Gasteiger partial charge in [0.2, 0.25) is 0 Å². The summed E-state index contributed by atoms with van der Waals surface area (Å²) in [6, 6.07) is 10.3. The van der Waals surface area contributed by atoms with Crippen LogP contribution < -0.4 is 10.6 Å². The van der Waals surface area contributed by atoms with E-state index in [-0.39, 0.29) is 0 Å². The Labute approximate surface area is 113 Å². The summed E-state index contributed by atoms with van der Waals surface area (Å²) in [6.07, 6.45) is 3.34. The first-order valence-electron chi connectivity index (χ1n) is 6.24. The first kappa shape index (κ1) is 13.1. The van der Waals surface area contributed by atoms with Crippen LogP contribution in [0, 0.1) is 6.92 Å². The molecule has 1 aromatic heterocycles. The van der Waals surface area contributed by atoms with Crippen molar-refractivity contribution < 1.29 is 0 Å². The Kier molecular flexibility index (Phi) is 4.50. The Morgan fingerprint density at radius 2 is 1.79 bits per heavy atom. The van der Waals surface area contributed by atoms with E-state index in [1.807, 2.05) is 6.07 Å². The molecule has 19 heavy (non-hydrogen) atoms. The lowest BCUT2D eigenvalue weighted by Crippen LogP contribution is -2.05. The molecule has 2 aromatic rings. The molecule has 0 amide bonds. The molecule has 0 aliphatic carbocycles. The number of nitrogens with zero attached hydrogens (tertiary/aromatic N) is 2. The van der Waals surface area contributed by atoms with Gasteiger partial charge in [-0.15, -0.1) is 6.58 Å². The minimum Gasteiger partial charge on any atom is -0.366 e. The van der Waals surface area contributed by atoms with Gasteiger partial charge in [0.25, 0.3) is 0 Å². The van der Waals surface area contributed by atoms with Gasteiger partial charge in [-0.25, -0.2) is 9.97 Å². The number of benzene rings is 1. The summed E-state index contributed by atoms with van der Waals surface area (Å²) >= 11 is 0. The highest BCUT2D eigenvalue weighted by molar-refractivity contribution is 5.47. The van der Waals surface area contributed by atoms with Gasteiger partial charge >= 0.3 is 0 Å². The van der Waals surface area contributed by atoms with Crippen LogP contribution in [-0.2, 0) is 6.54 Å². The summed E-state index contributed by atoms with van der Waals surface area (Å²) in [4.78, 5) is 8.33. The fourth-order valence-corrected chi connectivity index (χ4v) is 1.63. The minimum absolute atomic E-state index is 0.689. The molecule has 4 heteroatoms. The van der Waals surface area contributed by atoms with E-state index in [0.29, 0.717) is 6.54 Å². The van der Waals surface area contributed by atoms with Gasteiger partial charge in [0.1, 0.15) is 18.0 Å². The molecule has 2 rings (SSSR count). The Morgan fingerprint density at radius 1 is 1.11 bits per heavy atom. The van der Waals surface area contributed by atoms with Crippen LogP contribution in [-0.4, -0.2) is 16.5 Å². The average Bonchev–Trinajstić information content (AvgIpc) is 2.45. The summed E-state index contributed by atoms with van der Waals surface area (Å²) in [7, 11) is 0. The zero-order valence-electron chi connectivity index (χ0n) is 11.1. The summed E-state index contributed by atoms with van der Waals surface area (Å²) in [5, 5.41) is 6.41. The number of aromatic nitrogens is 2. The van der Waals surface area contributed by atoms with E-state index in [1.165, 1.54) is 11.1 Å². The van der Waals surface area contributed by atoms with Crippen molar-refractivity contribution in [1.82, 2.24) is 9.97 Å². The molecular weight excluding hydrogens is 236 g/mol. The zero-order valence-corrected chi connectivity index (χ0v) is 11.1.